The van der Waals surface area contributed by atoms with E-state index >= 15 is 0 Å². The van der Waals surface area contributed by atoms with Crippen molar-refractivity contribution in [2.45, 2.75) is 0 Å². The van der Waals surface area contributed by atoms with Crippen LogP contribution in [0.25, 0.3) is 42.1 Å². The van der Waals surface area contributed by atoms with Gasteiger partial charge >= 0.3 is 0 Å². The summed E-state index contributed by atoms with van der Waals surface area (Å²) in [5.41, 5.74) is 5.84. The third-order valence-corrected chi connectivity index (χ3v) is 17.0. The van der Waals surface area contributed by atoms with E-state index < -0.39 is 8.07 Å². The van der Waals surface area contributed by atoms with Gasteiger partial charge in [0.2, 0.25) is 0 Å². The molecule has 1 nitrogen and oxygen atoms in total. The highest BCUT2D eigenvalue weighted by Crippen LogP contribution is 2.45. The van der Waals surface area contributed by atoms with E-state index in [9.17, 15) is 0 Å². The summed E-state index contributed by atoms with van der Waals surface area (Å²) in [6, 6.07) is 82.8. The number of rotatable bonds is 8. The first-order valence-electron chi connectivity index (χ1n) is 18.8. The van der Waals surface area contributed by atoms with Crippen molar-refractivity contribution in [2.24, 2.45) is 0 Å². The number of thiophene rings is 1. The highest BCUT2D eigenvalue weighted by atomic mass is 32.1. The molecule has 0 aliphatic rings. The van der Waals surface area contributed by atoms with Gasteiger partial charge in [-0.1, -0.05) is 188 Å². The fourth-order valence-electron chi connectivity index (χ4n) is 8.51. The van der Waals surface area contributed by atoms with Crippen LogP contribution in [0.3, 0.4) is 0 Å². The van der Waals surface area contributed by atoms with Gasteiger partial charge in [-0.25, -0.2) is 0 Å². The van der Waals surface area contributed by atoms with Gasteiger partial charge in [-0.05, 0) is 73.7 Å². The molecule has 0 saturated heterocycles. The zero-order valence-electron chi connectivity index (χ0n) is 30.2. The van der Waals surface area contributed by atoms with Crippen molar-refractivity contribution in [1.82, 2.24) is 0 Å². The molecule has 0 bridgehead atoms. The third kappa shape index (κ3) is 5.68. The summed E-state index contributed by atoms with van der Waals surface area (Å²) < 4.78 is 2.63. The number of nitrogens with zero attached hydrogens (tertiary/aromatic N) is 1. The molecule has 10 rings (SSSR count). The van der Waals surface area contributed by atoms with Crippen molar-refractivity contribution in [3.63, 3.8) is 0 Å². The van der Waals surface area contributed by atoms with Crippen molar-refractivity contribution in [1.29, 1.82) is 0 Å². The predicted octanol–water partition coefficient (Wildman–Crippen LogP) is 11.7. The first-order valence-corrected chi connectivity index (χ1v) is 21.7. The molecule has 0 atom stereocenters. The molecule has 260 valence electrons. The molecular weight excluding hydrogens is 699 g/mol. The number of hydrogen-bond acceptors (Lipinski definition) is 2. The SMILES string of the molecule is c1ccc(-c2ccc(N(c3ccc([Si](c4ccccc4)(c4ccccc4)c4ccccc4)cc3)c3cccc4ccc5c6ccccc6sc5c34)cc2)cc1. The van der Waals surface area contributed by atoms with Gasteiger partial charge in [0.15, 0.2) is 8.07 Å². The molecule has 1 aromatic heterocycles. The molecule has 0 saturated carbocycles. The van der Waals surface area contributed by atoms with Gasteiger partial charge in [-0.3, -0.25) is 0 Å². The minimum Gasteiger partial charge on any atom is -0.310 e. The Bertz CT molecular complexity index is 2790. The van der Waals surface area contributed by atoms with Crippen molar-refractivity contribution >= 4 is 88.2 Å². The van der Waals surface area contributed by atoms with Crippen LogP contribution < -0.4 is 25.6 Å². The minimum atomic E-state index is -2.68. The molecule has 0 aliphatic carbocycles. The molecule has 0 fully saturated rings. The van der Waals surface area contributed by atoms with Crippen LogP contribution in [0.15, 0.2) is 224 Å². The van der Waals surface area contributed by atoms with E-state index in [0.29, 0.717) is 0 Å². The van der Waals surface area contributed by atoms with Crippen LogP contribution in [0.1, 0.15) is 0 Å². The van der Waals surface area contributed by atoms with Gasteiger partial charge in [-0.2, -0.15) is 0 Å². The number of hydrogen-bond donors (Lipinski definition) is 0. The summed E-state index contributed by atoms with van der Waals surface area (Å²) in [6.07, 6.45) is 0. The van der Waals surface area contributed by atoms with Crippen LogP contribution in [0, 0.1) is 0 Å². The third-order valence-electron chi connectivity index (χ3n) is 11.0. The van der Waals surface area contributed by atoms with Crippen LogP contribution in [-0.2, 0) is 0 Å². The summed E-state index contributed by atoms with van der Waals surface area (Å²) >= 11 is 1.89. The van der Waals surface area contributed by atoms with Crippen molar-refractivity contribution in [3.8, 4) is 11.1 Å². The van der Waals surface area contributed by atoms with Crippen LogP contribution in [0.4, 0.5) is 17.1 Å². The zero-order valence-corrected chi connectivity index (χ0v) is 32.0. The van der Waals surface area contributed by atoms with E-state index in [4.69, 9.17) is 0 Å². The van der Waals surface area contributed by atoms with Crippen molar-refractivity contribution < 1.29 is 0 Å². The Balaban J connectivity index is 1.20. The predicted molar refractivity (Wildman–Crippen MR) is 241 cm³/mol. The average Bonchev–Trinajstić information content (AvgIpc) is 3.65. The Hall–Kier alpha value is -6.52. The molecule has 3 heteroatoms. The molecule has 0 N–H and O–H groups in total. The molecular formula is C52H37NSSi. The fourth-order valence-corrected chi connectivity index (χ4v) is 14.5. The monoisotopic (exact) mass is 735 g/mol. The van der Waals surface area contributed by atoms with E-state index in [-0.39, 0.29) is 0 Å². The van der Waals surface area contributed by atoms with E-state index in [0.717, 1.165) is 11.4 Å². The lowest BCUT2D eigenvalue weighted by Gasteiger charge is -2.35. The van der Waals surface area contributed by atoms with E-state index in [1.807, 2.05) is 11.3 Å². The molecule has 0 amide bonds. The van der Waals surface area contributed by atoms with E-state index in [1.165, 1.54) is 68.5 Å². The Labute approximate surface area is 327 Å². The number of fused-ring (bicyclic) bond motifs is 5. The maximum atomic E-state index is 2.46. The molecule has 0 radical (unpaired) electrons. The Morgan fingerprint density at radius 2 is 0.836 bits per heavy atom. The molecule has 10 aromatic rings. The number of anilines is 3. The van der Waals surface area contributed by atoms with Gasteiger partial charge in [0.25, 0.3) is 0 Å². The summed E-state index contributed by atoms with van der Waals surface area (Å²) in [5, 5.41) is 10.6. The topological polar surface area (TPSA) is 3.24 Å². The maximum Gasteiger partial charge on any atom is 0.179 e. The highest BCUT2D eigenvalue weighted by Gasteiger charge is 2.41. The average molecular weight is 736 g/mol. The van der Waals surface area contributed by atoms with Crippen LogP contribution in [-0.4, -0.2) is 8.07 Å². The standard InChI is InChI=1S/C52H37NSSi/c1-5-16-38(17-6-1)39-28-31-41(32-29-39)53(49-26-15-18-40-30-37-48-47-25-13-14-27-50(47)54-52(48)51(40)49)42-33-35-46(36-34-42)55(43-19-7-2-8-20-43,44-21-9-3-10-22-44)45-23-11-4-12-24-45/h1-37H. The van der Waals surface area contributed by atoms with Crippen LogP contribution in [0.2, 0.25) is 0 Å². The van der Waals surface area contributed by atoms with Gasteiger partial charge in [0.05, 0.1) is 5.69 Å². The lowest BCUT2D eigenvalue weighted by Crippen LogP contribution is -2.74. The first kappa shape index (κ1) is 33.1. The smallest absolute Gasteiger partial charge is 0.179 e. The van der Waals surface area contributed by atoms with Crippen molar-refractivity contribution in [2.75, 3.05) is 4.90 Å². The maximum absolute atomic E-state index is 2.68. The van der Waals surface area contributed by atoms with Gasteiger partial charge in [-0.15, -0.1) is 11.3 Å². The van der Waals surface area contributed by atoms with Crippen LogP contribution in [0.5, 0.6) is 0 Å². The molecule has 1 heterocycles. The summed E-state index contributed by atoms with van der Waals surface area (Å²) in [5.74, 6) is 0. The van der Waals surface area contributed by atoms with Gasteiger partial charge in [0.1, 0.15) is 0 Å². The summed E-state index contributed by atoms with van der Waals surface area (Å²) in [4.78, 5) is 2.46. The summed E-state index contributed by atoms with van der Waals surface area (Å²) in [7, 11) is -2.68. The molecule has 9 aromatic carbocycles. The Morgan fingerprint density at radius 1 is 0.345 bits per heavy atom. The van der Waals surface area contributed by atoms with E-state index in [2.05, 4.69) is 229 Å². The largest absolute Gasteiger partial charge is 0.310 e. The second kappa shape index (κ2) is 14.0. The molecule has 0 unspecified atom stereocenters. The molecule has 55 heavy (non-hydrogen) atoms. The fraction of sp³-hybridized carbons (Fsp3) is 0. The quantitative estimate of drug-likeness (QED) is 0.111. The molecule has 0 aliphatic heterocycles. The lowest BCUT2D eigenvalue weighted by atomic mass is 10.0. The van der Waals surface area contributed by atoms with Gasteiger partial charge < -0.3 is 4.90 Å². The second-order valence-corrected chi connectivity index (χ2v) is 18.9. The van der Waals surface area contributed by atoms with E-state index in [1.54, 1.807) is 0 Å². The Kier molecular flexibility index (Phi) is 8.44. The van der Waals surface area contributed by atoms with Gasteiger partial charge in [0, 0.05) is 36.9 Å². The first-order chi connectivity index (χ1) is 27.3. The Morgan fingerprint density at radius 3 is 1.44 bits per heavy atom. The highest BCUT2D eigenvalue weighted by molar-refractivity contribution is 7.26. The molecule has 0 spiro atoms. The summed E-state index contributed by atoms with van der Waals surface area (Å²) in [6.45, 7) is 0. The number of benzene rings is 9. The normalized spacial score (nSPS) is 11.6. The lowest BCUT2D eigenvalue weighted by molar-refractivity contribution is 1.30. The zero-order chi connectivity index (χ0) is 36.6. The van der Waals surface area contributed by atoms with Crippen LogP contribution >= 0.6 is 11.3 Å². The second-order valence-electron chi connectivity index (χ2n) is 14.1. The van der Waals surface area contributed by atoms with Crippen molar-refractivity contribution in [3.05, 3.63) is 224 Å². The minimum absolute atomic E-state index is 1.12.